The Labute approximate surface area is 163 Å². The van der Waals surface area contributed by atoms with Crippen molar-refractivity contribution in [1.82, 2.24) is 10.6 Å². The Morgan fingerprint density at radius 1 is 1.14 bits per heavy atom. The molecule has 2 amide bonds. The number of carbonyl (C=O) groups is 2. The number of halogens is 2. The van der Waals surface area contributed by atoms with E-state index in [1.165, 1.54) is 6.92 Å². The van der Waals surface area contributed by atoms with E-state index in [1.807, 2.05) is 13.0 Å². The molecule has 0 saturated carbocycles. The molecule has 156 valence electrons. The van der Waals surface area contributed by atoms with Crippen molar-refractivity contribution in [3.63, 3.8) is 0 Å². The molecule has 1 rings (SSSR count). The quantitative estimate of drug-likeness (QED) is 0.426. The summed E-state index contributed by atoms with van der Waals surface area (Å²) in [6.07, 6.45) is 3.29. The third-order valence-corrected chi connectivity index (χ3v) is 4.05. The van der Waals surface area contributed by atoms with Crippen LogP contribution in [0.15, 0.2) is 30.4 Å². The molecule has 0 aliphatic rings. The first kappa shape index (κ1) is 23.7. The van der Waals surface area contributed by atoms with Gasteiger partial charge in [-0.2, -0.15) is 0 Å². The fraction of sp³-hybridized carbons (Fsp3) is 0.500. The number of hydrogen-bond acceptors (Lipinski definition) is 4. The van der Waals surface area contributed by atoms with Crippen LogP contribution in [0, 0.1) is 11.6 Å². The molecule has 0 aromatic heterocycles. The van der Waals surface area contributed by atoms with Gasteiger partial charge >= 0.3 is 0 Å². The van der Waals surface area contributed by atoms with Crippen molar-refractivity contribution in [1.29, 1.82) is 0 Å². The van der Waals surface area contributed by atoms with Crippen molar-refractivity contribution in [3.05, 3.63) is 47.5 Å². The molecule has 1 unspecified atom stereocenters. The highest BCUT2D eigenvalue weighted by molar-refractivity contribution is 5.77. The lowest BCUT2D eigenvalue weighted by Crippen LogP contribution is -2.48. The predicted molar refractivity (Wildman–Crippen MR) is 101 cm³/mol. The van der Waals surface area contributed by atoms with Crippen LogP contribution in [-0.2, 0) is 16.0 Å². The Bertz CT molecular complexity index is 662. The second kappa shape index (κ2) is 12.2. The Morgan fingerprint density at radius 3 is 2.32 bits per heavy atom. The number of benzene rings is 1. The van der Waals surface area contributed by atoms with Crippen molar-refractivity contribution < 1.29 is 28.6 Å². The SMILES string of the molecule is CC/C=C/CC(=O)NC(CO)C[C@H](O)[C@H](Cc1cc(F)cc(F)c1)NC(C)=O. The van der Waals surface area contributed by atoms with Gasteiger partial charge < -0.3 is 20.8 Å². The summed E-state index contributed by atoms with van der Waals surface area (Å²) in [4.78, 5) is 23.3. The van der Waals surface area contributed by atoms with E-state index in [1.54, 1.807) is 6.08 Å². The zero-order chi connectivity index (χ0) is 21.1. The summed E-state index contributed by atoms with van der Waals surface area (Å²) in [7, 11) is 0. The standard InChI is InChI=1S/C20H28F2N2O4/c1-3-4-5-6-20(28)24-17(12-25)11-19(27)18(23-13(2)26)9-14-7-15(21)10-16(22)8-14/h4-5,7-8,10,17-19,25,27H,3,6,9,11-12H2,1-2H3,(H,23,26)(H,24,28)/b5-4+/t17?,18-,19-/m0/s1. The first-order chi connectivity index (χ1) is 13.2. The smallest absolute Gasteiger partial charge is 0.224 e. The van der Waals surface area contributed by atoms with Crippen LogP contribution in [0.25, 0.3) is 0 Å². The maximum atomic E-state index is 13.4. The monoisotopic (exact) mass is 398 g/mol. The molecule has 0 saturated heterocycles. The summed E-state index contributed by atoms with van der Waals surface area (Å²) in [5.41, 5.74) is 0.268. The summed E-state index contributed by atoms with van der Waals surface area (Å²) in [5, 5.41) is 25.2. The highest BCUT2D eigenvalue weighted by Gasteiger charge is 2.25. The minimum atomic E-state index is -1.15. The zero-order valence-electron chi connectivity index (χ0n) is 16.1. The van der Waals surface area contributed by atoms with Crippen molar-refractivity contribution in [2.75, 3.05) is 6.61 Å². The van der Waals surface area contributed by atoms with Gasteiger partial charge in [0.05, 0.1) is 24.8 Å². The molecule has 8 heteroatoms. The average Bonchev–Trinajstić information content (AvgIpc) is 2.59. The highest BCUT2D eigenvalue weighted by atomic mass is 19.1. The number of amides is 2. The van der Waals surface area contributed by atoms with Crippen molar-refractivity contribution in [3.8, 4) is 0 Å². The first-order valence-electron chi connectivity index (χ1n) is 9.20. The van der Waals surface area contributed by atoms with Gasteiger partial charge in [-0.25, -0.2) is 8.78 Å². The van der Waals surface area contributed by atoms with Crippen LogP contribution in [0.3, 0.4) is 0 Å². The molecule has 4 N–H and O–H groups in total. The Hall–Kier alpha value is -2.32. The summed E-state index contributed by atoms with van der Waals surface area (Å²) < 4.78 is 26.8. The third-order valence-electron chi connectivity index (χ3n) is 4.05. The van der Waals surface area contributed by atoms with E-state index in [-0.39, 0.29) is 30.7 Å². The molecule has 0 spiro atoms. The highest BCUT2D eigenvalue weighted by Crippen LogP contribution is 2.14. The van der Waals surface area contributed by atoms with E-state index in [2.05, 4.69) is 10.6 Å². The molecule has 0 bridgehead atoms. The van der Waals surface area contributed by atoms with E-state index in [0.29, 0.717) is 0 Å². The Kier molecular flexibility index (Phi) is 10.3. The molecule has 0 radical (unpaired) electrons. The van der Waals surface area contributed by atoms with Gasteiger partial charge in [-0.15, -0.1) is 0 Å². The Morgan fingerprint density at radius 2 is 1.79 bits per heavy atom. The Balaban J connectivity index is 2.78. The number of aliphatic hydroxyl groups is 2. The van der Waals surface area contributed by atoms with E-state index in [4.69, 9.17) is 0 Å². The van der Waals surface area contributed by atoms with E-state index in [0.717, 1.165) is 24.6 Å². The molecular formula is C20H28F2N2O4. The fourth-order valence-corrected chi connectivity index (χ4v) is 2.81. The second-order valence-electron chi connectivity index (χ2n) is 6.62. The van der Waals surface area contributed by atoms with Crippen molar-refractivity contribution in [2.24, 2.45) is 0 Å². The summed E-state index contributed by atoms with van der Waals surface area (Å²) in [6.45, 7) is 2.80. The number of hydrogen-bond donors (Lipinski definition) is 4. The number of allylic oxidation sites excluding steroid dienone is 1. The van der Waals surface area contributed by atoms with Crippen LogP contribution in [0.5, 0.6) is 0 Å². The van der Waals surface area contributed by atoms with E-state index < -0.39 is 42.3 Å². The minimum Gasteiger partial charge on any atom is -0.394 e. The van der Waals surface area contributed by atoms with Crippen LogP contribution in [0.4, 0.5) is 8.78 Å². The van der Waals surface area contributed by atoms with E-state index in [9.17, 15) is 28.6 Å². The number of nitrogens with one attached hydrogen (secondary N) is 2. The molecule has 0 aliphatic carbocycles. The van der Waals surface area contributed by atoms with Gasteiger partial charge in [-0.1, -0.05) is 19.1 Å². The molecule has 1 aromatic carbocycles. The topological polar surface area (TPSA) is 98.7 Å². The molecule has 6 nitrogen and oxygen atoms in total. The van der Waals surface area contributed by atoms with Crippen molar-refractivity contribution >= 4 is 11.8 Å². The fourth-order valence-electron chi connectivity index (χ4n) is 2.81. The molecule has 0 heterocycles. The average molecular weight is 398 g/mol. The summed E-state index contributed by atoms with van der Waals surface area (Å²) >= 11 is 0. The van der Waals surface area contributed by atoms with Gasteiger partial charge in [0.25, 0.3) is 0 Å². The van der Waals surface area contributed by atoms with Crippen LogP contribution in [0.2, 0.25) is 0 Å². The van der Waals surface area contributed by atoms with Crippen LogP contribution < -0.4 is 10.6 Å². The van der Waals surface area contributed by atoms with Crippen LogP contribution in [0.1, 0.15) is 38.7 Å². The number of rotatable bonds is 11. The minimum absolute atomic E-state index is 0.0131. The van der Waals surface area contributed by atoms with Crippen LogP contribution in [-0.4, -0.2) is 46.8 Å². The lowest BCUT2D eigenvalue weighted by atomic mass is 9.96. The van der Waals surface area contributed by atoms with Gasteiger partial charge in [0.15, 0.2) is 0 Å². The molecule has 0 aliphatic heterocycles. The largest absolute Gasteiger partial charge is 0.394 e. The third kappa shape index (κ3) is 9.05. The van der Waals surface area contributed by atoms with Crippen molar-refractivity contribution in [2.45, 2.75) is 57.7 Å². The van der Waals surface area contributed by atoms with Gasteiger partial charge in [0, 0.05) is 19.4 Å². The lowest BCUT2D eigenvalue weighted by molar-refractivity contribution is -0.122. The molecule has 0 fully saturated rings. The maximum Gasteiger partial charge on any atom is 0.224 e. The molecule has 28 heavy (non-hydrogen) atoms. The molecule has 3 atom stereocenters. The summed E-state index contributed by atoms with van der Waals surface area (Å²) in [6, 6.07) is 1.41. The first-order valence-corrected chi connectivity index (χ1v) is 9.20. The van der Waals surface area contributed by atoms with Gasteiger partial charge in [-0.05, 0) is 37.0 Å². The van der Waals surface area contributed by atoms with Gasteiger partial charge in [0.2, 0.25) is 11.8 Å². The van der Waals surface area contributed by atoms with E-state index >= 15 is 0 Å². The molecule has 1 aromatic rings. The summed E-state index contributed by atoms with van der Waals surface area (Å²) in [5.74, 6) is -2.24. The number of aliphatic hydroxyl groups excluding tert-OH is 2. The van der Waals surface area contributed by atoms with Crippen LogP contribution >= 0.6 is 0 Å². The second-order valence-corrected chi connectivity index (χ2v) is 6.62. The predicted octanol–water partition coefficient (Wildman–Crippen LogP) is 1.60. The van der Waals surface area contributed by atoms with Gasteiger partial charge in [-0.3, -0.25) is 9.59 Å². The normalized spacial score (nSPS) is 14.5. The molecular weight excluding hydrogens is 370 g/mol. The maximum absolute atomic E-state index is 13.4. The number of carbonyl (C=O) groups excluding carboxylic acids is 2. The zero-order valence-corrected chi connectivity index (χ0v) is 16.1. The lowest BCUT2D eigenvalue weighted by Gasteiger charge is -2.27. The van der Waals surface area contributed by atoms with Gasteiger partial charge in [0.1, 0.15) is 11.6 Å².